The maximum atomic E-state index is 11.0. The summed E-state index contributed by atoms with van der Waals surface area (Å²) in [6.07, 6.45) is 1.44. The SMILES string of the molecule is Cc1c(Br)cc[n+]([O-])c1CCl. The van der Waals surface area contributed by atoms with Gasteiger partial charge >= 0.3 is 0 Å². The molecule has 2 nitrogen and oxygen atoms in total. The van der Waals surface area contributed by atoms with Crippen molar-refractivity contribution in [2.45, 2.75) is 12.8 Å². The fraction of sp³-hybridized carbons (Fsp3) is 0.286. The lowest BCUT2D eigenvalue weighted by molar-refractivity contribution is -0.613. The average Bonchev–Trinajstić information content (AvgIpc) is 1.99. The molecule has 0 atom stereocenters. The quantitative estimate of drug-likeness (QED) is 0.417. The van der Waals surface area contributed by atoms with Crippen molar-refractivity contribution in [3.63, 3.8) is 0 Å². The standard InChI is InChI=1S/C7H7BrClNO/c1-5-6(8)2-3-10(11)7(5)4-9/h2-3H,4H2,1H3. The van der Waals surface area contributed by atoms with E-state index in [2.05, 4.69) is 15.9 Å². The molecule has 60 valence electrons. The van der Waals surface area contributed by atoms with Crippen LogP contribution in [0.5, 0.6) is 0 Å². The van der Waals surface area contributed by atoms with Crippen molar-refractivity contribution in [3.05, 3.63) is 33.2 Å². The molecule has 0 spiro atoms. The van der Waals surface area contributed by atoms with Crippen LogP contribution in [-0.2, 0) is 5.88 Å². The van der Waals surface area contributed by atoms with Crippen LogP contribution in [0.1, 0.15) is 11.3 Å². The predicted octanol–water partition coefficient (Wildman–Crippen LogP) is 2.13. The summed E-state index contributed by atoms with van der Waals surface area (Å²) in [5, 5.41) is 11.0. The highest BCUT2D eigenvalue weighted by Crippen LogP contribution is 2.17. The average molecular weight is 236 g/mol. The third-order valence-corrected chi connectivity index (χ3v) is 2.65. The second kappa shape index (κ2) is 3.41. The Balaban J connectivity index is 3.29. The van der Waals surface area contributed by atoms with E-state index in [-0.39, 0.29) is 5.88 Å². The highest BCUT2D eigenvalue weighted by Gasteiger charge is 2.09. The van der Waals surface area contributed by atoms with Crippen LogP contribution in [0.2, 0.25) is 0 Å². The smallest absolute Gasteiger partial charge is 0.211 e. The maximum absolute atomic E-state index is 11.0. The van der Waals surface area contributed by atoms with Gasteiger partial charge < -0.3 is 5.21 Å². The monoisotopic (exact) mass is 235 g/mol. The van der Waals surface area contributed by atoms with Crippen molar-refractivity contribution < 1.29 is 4.73 Å². The van der Waals surface area contributed by atoms with E-state index in [0.29, 0.717) is 5.69 Å². The van der Waals surface area contributed by atoms with Crippen molar-refractivity contribution in [1.82, 2.24) is 0 Å². The van der Waals surface area contributed by atoms with Gasteiger partial charge in [-0.05, 0) is 6.92 Å². The summed E-state index contributed by atoms with van der Waals surface area (Å²) in [4.78, 5) is 0. The summed E-state index contributed by atoms with van der Waals surface area (Å²) >= 11 is 8.88. The lowest BCUT2D eigenvalue weighted by Crippen LogP contribution is -2.31. The Bertz CT molecular complexity index is 277. The van der Waals surface area contributed by atoms with Crippen LogP contribution >= 0.6 is 27.5 Å². The Labute approximate surface area is 78.5 Å². The van der Waals surface area contributed by atoms with E-state index in [9.17, 15) is 5.21 Å². The topological polar surface area (TPSA) is 26.9 Å². The lowest BCUT2D eigenvalue weighted by Gasteiger charge is -2.04. The molecule has 1 aromatic rings. The van der Waals surface area contributed by atoms with E-state index < -0.39 is 0 Å². The lowest BCUT2D eigenvalue weighted by atomic mass is 10.2. The fourth-order valence-corrected chi connectivity index (χ4v) is 1.48. The van der Waals surface area contributed by atoms with E-state index >= 15 is 0 Å². The fourth-order valence-electron chi connectivity index (χ4n) is 0.810. The van der Waals surface area contributed by atoms with Gasteiger partial charge in [0.1, 0.15) is 5.88 Å². The number of nitrogens with zero attached hydrogens (tertiary/aromatic N) is 1. The Morgan fingerprint density at radius 3 is 2.82 bits per heavy atom. The first kappa shape index (κ1) is 8.81. The van der Waals surface area contributed by atoms with Crippen molar-refractivity contribution in [2.75, 3.05) is 0 Å². The first-order chi connectivity index (χ1) is 5.16. The van der Waals surface area contributed by atoms with Crippen LogP contribution in [0, 0.1) is 12.1 Å². The van der Waals surface area contributed by atoms with E-state index in [1.54, 1.807) is 6.07 Å². The summed E-state index contributed by atoms with van der Waals surface area (Å²) in [6, 6.07) is 1.71. The summed E-state index contributed by atoms with van der Waals surface area (Å²) in [7, 11) is 0. The number of halogens is 2. The molecule has 4 heteroatoms. The molecule has 0 N–H and O–H groups in total. The highest BCUT2D eigenvalue weighted by atomic mass is 79.9. The number of alkyl halides is 1. The Morgan fingerprint density at radius 1 is 1.73 bits per heavy atom. The molecule has 0 amide bonds. The van der Waals surface area contributed by atoms with Gasteiger partial charge in [-0.15, -0.1) is 11.6 Å². The normalized spacial score (nSPS) is 10.1. The molecule has 0 aromatic carbocycles. The molecule has 0 saturated carbocycles. The van der Waals surface area contributed by atoms with Crippen molar-refractivity contribution in [1.29, 1.82) is 0 Å². The molecule has 0 aliphatic heterocycles. The zero-order chi connectivity index (χ0) is 8.43. The largest absolute Gasteiger partial charge is 0.618 e. The molecule has 1 aromatic heterocycles. The molecule has 0 bridgehead atoms. The van der Waals surface area contributed by atoms with Gasteiger partial charge in [0.2, 0.25) is 5.69 Å². The van der Waals surface area contributed by atoms with Gasteiger partial charge in [-0.2, -0.15) is 4.73 Å². The number of aromatic nitrogens is 1. The minimum absolute atomic E-state index is 0.245. The zero-order valence-electron chi connectivity index (χ0n) is 5.97. The van der Waals surface area contributed by atoms with Crippen LogP contribution in [0.4, 0.5) is 0 Å². The van der Waals surface area contributed by atoms with Gasteiger partial charge in [0.05, 0.1) is 0 Å². The Hall–Kier alpha value is -0.280. The highest BCUT2D eigenvalue weighted by molar-refractivity contribution is 9.10. The van der Waals surface area contributed by atoms with Crippen LogP contribution < -0.4 is 4.73 Å². The second-order valence-corrected chi connectivity index (χ2v) is 3.32. The summed E-state index contributed by atoms with van der Waals surface area (Å²) in [6.45, 7) is 1.86. The van der Waals surface area contributed by atoms with Gasteiger partial charge in [-0.1, -0.05) is 15.9 Å². The molecule has 0 aliphatic carbocycles. The first-order valence-electron chi connectivity index (χ1n) is 3.10. The molecule has 0 saturated heterocycles. The second-order valence-electron chi connectivity index (χ2n) is 2.19. The molecule has 0 fully saturated rings. The molecule has 1 rings (SSSR count). The predicted molar refractivity (Wildman–Crippen MR) is 47.4 cm³/mol. The van der Waals surface area contributed by atoms with E-state index in [1.165, 1.54) is 6.20 Å². The number of hydrogen-bond donors (Lipinski definition) is 0. The van der Waals surface area contributed by atoms with Crippen molar-refractivity contribution in [2.24, 2.45) is 0 Å². The van der Waals surface area contributed by atoms with Crippen LogP contribution in [0.25, 0.3) is 0 Å². The molecule has 1 heterocycles. The third kappa shape index (κ3) is 1.65. The molecule has 11 heavy (non-hydrogen) atoms. The van der Waals surface area contributed by atoms with Gasteiger partial charge in [-0.3, -0.25) is 0 Å². The Kier molecular flexibility index (Phi) is 2.73. The van der Waals surface area contributed by atoms with Gasteiger partial charge in [0, 0.05) is 16.1 Å². The summed E-state index contributed by atoms with van der Waals surface area (Å²) in [5.41, 5.74) is 1.50. The Morgan fingerprint density at radius 2 is 2.36 bits per heavy atom. The third-order valence-electron chi connectivity index (χ3n) is 1.54. The summed E-state index contributed by atoms with van der Waals surface area (Å²) < 4.78 is 1.70. The molecule has 0 unspecified atom stereocenters. The molecule has 0 radical (unpaired) electrons. The van der Waals surface area contributed by atoms with Gasteiger partial charge in [0.25, 0.3) is 0 Å². The first-order valence-corrected chi connectivity index (χ1v) is 4.42. The molecule has 0 aliphatic rings. The van der Waals surface area contributed by atoms with Crippen LogP contribution in [0.15, 0.2) is 16.7 Å². The van der Waals surface area contributed by atoms with Crippen molar-refractivity contribution >= 4 is 27.5 Å². The maximum Gasteiger partial charge on any atom is 0.211 e. The van der Waals surface area contributed by atoms with Crippen molar-refractivity contribution in [3.8, 4) is 0 Å². The minimum atomic E-state index is 0.245. The van der Waals surface area contributed by atoms with E-state index in [0.717, 1.165) is 14.8 Å². The number of hydrogen-bond acceptors (Lipinski definition) is 1. The van der Waals surface area contributed by atoms with Crippen LogP contribution in [0.3, 0.4) is 0 Å². The minimum Gasteiger partial charge on any atom is -0.618 e. The number of pyridine rings is 1. The summed E-state index contributed by atoms with van der Waals surface area (Å²) in [5.74, 6) is 0.245. The zero-order valence-corrected chi connectivity index (χ0v) is 8.32. The van der Waals surface area contributed by atoms with Crippen LogP contribution in [-0.4, -0.2) is 0 Å². The number of rotatable bonds is 1. The molecular weight excluding hydrogens is 229 g/mol. The van der Waals surface area contributed by atoms with E-state index in [4.69, 9.17) is 11.6 Å². The molecular formula is C7H7BrClNO. The van der Waals surface area contributed by atoms with Gasteiger partial charge in [0.15, 0.2) is 6.20 Å². The van der Waals surface area contributed by atoms with E-state index in [1.807, 2.05) is 6.92 Å². The van der Waals surface area contributed by atoms with Gasteiger partial charge in [-0.25, -0.2) is 0 Å².